The lowest BCUT2D eigenvalue weighted by molar-refractivity contribution is -0.134. The fraction of sp³-hybridized carbons (Fsp3) is 0.176. The van der Waals surface area contributed by atoms with Gasteiger partial charge in [-0.05, 0) is 6.07 Å². The molecular weight excluding hydrogens is 365 g/mol. The number of benzene rings is 1. The summed E-state index contributed by atoms with van der Waals surface area (Å²) in [5, 5.41) is 0.979. The molecule has 3 aromatic rings. The van der Waals surface area contributed by atoms with Crippen molar-refractivity contribution in [1.82, 2.24) is 9.97 Å². The summed E-state index contributed by atoms with van der Waals surface area (Å²) in [7, 11) is 0. The van der Waals surface area contributed by atoms with Crippen molar-refractivity contribution in [3.63, 3.8) is 0 Å². The third-order valence-corrected chi connectivity index (χ3v) is 5.11. The van der Waals surface area contributed by atoms with E-state index in [0.29, 0.717) is 16.0 Å². The second kappa shape index (κ2) is 6.50. The molecule has 1 aliphatic rings. The Kier molecular flexibility index (Phi) is 4.19. The fourth-order valence-electron chi connectivity index (χ4n) is 2.95. The lowest BCUT2D eigenvalue weighted by Gasteiger charge is -2.23. The third-order valence-electron chi connectivity index (χ3n) is 3.98. The maximum absolute atomic E-state index is 13.2. The summed E-state index contributed by atoms with van der Waals surface area (Å²) < 4.78 is 18.7. The van der Waals surface area contributed by atoms with Crippen molar-refractivity contribution in [1.29, 1.82) is 0 Å². The van der Waals surface area contributed by atoms with Crippen LogP contribution >= 0.6 is 22.9 Å². The number of thiazole rings is 1. The summed E-state index contributed by atoms with van der Waals surface area (Å²) >= 11 is 7.36. The van der Waals surface area contributed by atoms with Gasteiger partial charge in [0.1, 0.15) is 19.1 Å². The highest BCUT2D eigenvalue weighted by atomic mass is 35.5. The van der Waals surface area contributed by atoms with Gasteiger partial charge in [0.15, 0.2) is 4.47 Å². The number of hydrogen-bond donors (Lipinski definition) is 1. The van der Waals surface area contributed by atoms with Gasteiger partial charge in [0, 0.05) is 28.7 Å². The first-order valence-corrected chi connectivity index (χ1v) is 8.80. The topological polar surface area (TPSA) is 58.2 Å². The molecule has 0 aliphatic carbocycles. The molecular formula is C17H13ClFN3O2S. The zero-order valence-electron chi connectivity index (χ0n) is 13.0. The second-order valence-electron chi connectivity index (χ2n) is 5.46. The Morgan fingerprint density at radius 3 is 2.92 bits per heavy atom. The van der Waals surface area contributed by atoms with Crippen molar-refractivity contribution < 1.29 is 13.9 Å². The van der Waals surface area contributed by atoms with Crippen molar-refractivity contribution in [2.24, 2.45) is 0 Å². The molecule has 3 heterocycles. The minimum Gasteiger partial charge on any atom is -0.456 e. The number of fused-ring (bicyclic) bond motifs is 1. The Hall–Kier alpha value is -2.38. The number of anilines is 1. The molecule has 0 fully saturated rings. The van der Waals surface area contributed by atoms with E-state index < -0.39 is 12.6 Å². The van der Waals surface area contributed by atoms with E-state index in [-0.39, 0.29) is 13.2 Å². The van der Waals surface area contributed by atoms with E-state index in [2.05, 4.69) is 9.97 Å². The smallest absolute Gasteiger partial charge is 0.333 e. The number of H-pyrrole nitrogens is 1. The van der Waals surface area contributed by atoms with Crippen molar-refractivity contribution in [2.75, 3.05) is 24.7 Å². The lowest BCUT2D eigenvalue weighted by Crippen LogP contribution is -2.26. The number of ether oxygens (including phenoxy) is 1. The van der Waals surface area contributed by atoms with Crippen LogP contribution in [-0.4, -0.2) is 35.8 Å². The lowest BCUT2D eigenvalue weighted by atomic mass is 10.1. The molecule has 5 nitrogen and oxygen atoms in total. The molecule has 0 radical (unpaired) electrons. The molecule has 8 heteroatoms. The van der Waals surface area contributed by atoms with Gasteiger partial charge < -0.3 is 14.6 Å². The quantitative estimate of drug-likeness (QED) is 0.678. The van der Waals surface area contributed by atoms with E-state index >= 15 is 0 Å². The normalized spacial score (nSPS) is 14.0. The summed E-state index contributed by atoms with van der Waals surface area (Å²) in [5.74, 6) is 0.279. The molecule has 4 rings (SSSR count). The standard InChI is InChI=1S/C17H13ClFN3O2S/c18-17-20-8-13(25-17)15-11-3-1-2-4-12(11)21-16(15)22(6-5-19)10-7-14(23)24-9-10/h1-4,7-8,21H,5-6,9H2. The van der Waals surface area contributed by atoms with Crippen molar-refractivity contribution in [3.05, 3.63) is 46.7 Å². The Bertz CT molecular complexity index is 981. The van der Waals surface area contributed by atoms with Crippen LogP contribution in [0, 0.1) is 0 Å². The molecule has 0 bridgehead atoms. The predicted molar refractivity (Wildman–Crippen MR) is 96.8 cm³/mol. The second-order valence-corrected chi connectivity index (χ2v) is 7.07. The molecule has 0 saturated heterocycles. The molecule has 1 aliphatic heterocycles. The minimum atomic E-state index is -0.566. The SMILES string of the molecule is O=C1C=C(N(CCF)c2[nH]c3ccccc3c2-c2cnc(Cl)s2)CO1. The molecule has 0 spiro atoms. The molecule has 0 unspecified atom stereocenters. The van der Waals surface area contributed by atoms with Gasteiger partial charge in [-0.25, -0.2) is 14.2 Å². The molecule has 2 aromatic heterocycles. The average molecular weight is 378 g/mol. The van der Waals surface area contributed by atoms with Crippen LogP contribution in [0.4, 0.5) is 10.2 Å². The van der Waals surface area contributed by atoms with Gasteiger partial charge in [-0.15, -0.1) is 11.3 Å². The maximum atomic E-state index is 13.2. The highest BCUT2D eigenvalue weighted by molar-refractivity contribution is 7.19. The van der Waals surface area contributed by atoms with Crippen LogP contribution in [-0.2, 0) is 9.53 Å². The van der Waals surface area contributed by atoms with E-state index in [4.69, 9.17) is 16.3 Å². The van der Waals surface area contributed by atoms with Crippen LogP contribution < -0.4 is 4.90 Å². The summed E-state index contributed by atoms with van der Waals surface area (Å²) in [6.07, 6.45) is 3.09. The van der Waals surface area contributed by atoms with E-state index in [1.807, 2.05) is 24.3 Å². The Balaban J connectivity index is 1.93. The first-order valence-electron chi connectivity index (χ1n) is 7.60. The number of nitrogens with zero attached hydrogens (tertiary/aromatic N) is 2. The number of carbonyl (C=O) groups is 1. The van der Waals surface area contributed by atoms with Gasteiger partial charge in [0.05, 0.1) is 17.1 Å². The van der Waals surface area contributed by atoms with E-state index in [0.717, 1.165) is 21.3 Å². The fourth-order valence-corrected chi connectivity index (χ4v) is 3.95. The Morgan fingerprint density at radius 2 is 2.24 bits per heavy atom. The molecule has 0 atom stereocenters. The highest BCUT2D eigenvalue weighted by Crippen LogP contribution is 2.42. The number of alkyl halides is 1. The molecule has 0 saturated carbocycles. The molecule has 0 amide bonds. The monoisotopic (exact) mass is 377 g/mol. The van der Waals surface area contributed by atoms with Crippen LogP contribution in [0.3, 0.4) is 0 Å². The van der Waals surface area contributed by atoms with E-state index in [9.17, 15) is 9.18 Å². The molecule has 1 N–H and O–H groups in total. The van der Waals surface area contributed by atoms with Gasteiger partial charge in [-0.3, -0.25) is 0 Å². The largest absolute Gasteiger partial charge is 0.456 e. The summed E-state index contributed by atoms with van der Waals surface area (Å²) in [4.78, 5) is 21.5. The number of hydrogen-bond acceptors (Lipinski definition) is 5. The van der Waals surface area contributed by atoms with Crippen LogP contribution in [0.25, 0.3) is 21.3 Å². The van der Waals surface area contributed by atoms with Gasteiger partial charge in [0.25, 0.3) is 0 Å². The van der Waals surface area contributed by atoms with Crippen molar-refractivity contribution in [2.45, 2.75) is 0 Å². The summed E-state index contributed by atoms with van der Waals surface area (Å²) in [6.45, 7) is -0.338. The summed E-state index contributed by atoms with van der Waals surface area (Å²) in [5.41, 5.74) is 2.41. The molecule has 128 valence electrons. The van der Waals surface area contributed by atoms with Crippen molar-refractivity contribution >= 4 is 45.6 Å². The third kappa shape index (κ3) is 2.89. The predicted octanol–water partition coefficient (Wildman–Crippen LogP) is 4.16. The van der Waals surface area contributed by atoms with Gasteiger partial charge in [-0.2, -0.15) is 0 Å². The molecule has 1 aromatic carbocycles. The van der Waals surface area contributed by atoms with Crippen LogP contribution in [0.1, 0.15) is 0 Å². The zero-order chi connectivity index (χ0) is 17.4. The van der Waals surface area contributed by atoms with E-state index in [1.54, 1.807) is 11.1 Å². The van der Waals surface area contributed by atoms with Gasteiger partial charge >= 0.3 is 5.97 Å². The number of nitrogens with one attached hydrogen (secondary N) is 1. The average Bonchev–Trinajstić information content (AvgIpc) is 3.30. The number of halogens is 2. The van der Waals surface area contributed by atoms with Crippen LogP contribution in [0.5, 0.6) is 0 Å². The highest BCUT2D eigenvalue weighted by Gasteiger charge is 2.26. The van der Waals surface area contributed by atoms with Gasteiger partial charge in [-0.1, -0.05) is 29.8 Å². The first-order chi connectivity index (χ1) is 12.2. The van der Waals surface area contributed by atoms with Crippen LogP contribution in [0.2, 0.25) is 4.47 Å². The van der Waals surface area contributed by atoms with Gasteiger partial charge in [0.2, 0.25) is 0 Å². The number of aromatic nitrogens is 2. The number of aromatic amines is 1. The number of carbonyl (C=O) groups excluding carboxylic acids is 1. The van der Waals surface area contributed by atoms with E-state index in [1.165, 1.54) is 17.4 Å². The Labute approximate surface area is 151 Å². The number of para-hydroxylation sites is 1. The number of rotatable bonds is 5. The first kappa shape index (κ1) is 16.1. The Morgan fingerprint density at radius 1 is 1.40 bits per heavy atom. The zero-order valence-corrected chi connectivity index (χ0v) is 14.5. The number of esters is 1. The van der Waals surface area contributed by atoms with Crippen LogP contribution in [0.15, 0.2) is 42.2 Å². The summed E-state index contributed by atoms with van der Waals surface area (Å²) in [6, 6.07) is 7.79. The number of cyclic esters (lactones) is 1. The van der Waals surface area contributed by atoms with Crippen molar-refractivity contribution in [3.8, 4) is 10.4 Å². The maximum Gasteiger partial charge on any atom is 0.333 e. The minimum absolute atomic E-state index is 0.106. The molecule has 25 heavy (non-hydrogen) atoms.